The van der Waals surface area contributed by atoms with Crippen LogP contribution in [0.2, 0.25) is 0 Å². The first-order valence-electron chi connectivity index (χ1n) is 9.37. The normalized spacial score (nSPS) is 21.0. The van der Waals surface area contributed by atoms with Gasteiger partial charge in [0, 0.05) is 24.6 Å². The Bertz CT molecular complexity index is 724. The zero-order valence-corrected chi connectivity index (χ0v) is 14.6. The SMILES string of the molecule is O=C(c1cccc(Oc2ccccc2)c1)C1CCCN(CC2CC2)C1. The molecule has 4 rings (SSSR count). The third-order valence-electron chi connectivity index (χ3n) is 5.19. The Hall–Kier alpha value is -2.13. The van der Waals surface area contributed by atoms with E-state index in [1.165, 1.54) is 19.4 Å². The van der Waals surface area contributed by atoms with Gasteiger partial charge in [0.2, 0.25) is 0 Å². The highest BCUT2D eigenvalue weighted by atomic mass is 16.5. The first-order chi connectivity index (χ1) is 12.3. The number of nitrogens with zero attached hydrogens (tertiary/aromatic N) is 1. The van der Waals surface area contributed by atoms with Crippen LogP contribution in [0.3, 0.4) is 0 Å². The van der Waals surface area contributed by atoms with Crippen molar-refractivity contribution in [3.05, 3.63) is 60.2 Å². The van der Waals surface area contributed by atoms with Crippen LogP contribution >= 0.6 is 0 Å². The molecule has 1 unspecified atom stereocenters. The van der Waals surface area contributed by atoms with E-state index in [1.807, 2.05) is 54.6 Å². The summed E-state index contributed by atoms with van der Waals surface area (Å²) in [7, 11) is 0. The minimum Gasteiger partial charge on any atom is -0.457 e. The molecule has 2 aromatic rings. The predicted molar refractivity (Wildman–Crippen MR) is 99.2 cm³/mol. The molecule has 1 saturated carbocycles. The maximum atomic E-state index is 13.0. The van der Waals surface area contributed by atoms with Crippen LogP contribution in [0.25, 0.3) is 0 Å². The molecule has 0 amide bonds. The maximum absolute atomic E-state index is 13.0. The van der Waals surface area contributed by atoms with E-state index in [4.69, 9.17) is 4.74 Å². The third-order valence-corrected chi connectivity index (χ3v) is 5.19. The Labute approximate surface area is 149 Å². The summed E-state index contributed by atoms with van der Waals surface area (Å²) < 4.78 is 5.88. The van der Waals surface area contributed by atoms with Gasteiger partial charge >= 0.3 is 0 Å². The monoisotopic (exact) mass is 335 g/mol. The van der Waals surface area contributed by atoms with E-state index in [0.29, 0.717) is 0 Å². The predicted octanol–water partition coefficient (Wildman–Crippen LogP) is 4.78. The second-order valence-corrected chi connectivity index (χ2v) is 7.35. The number of ketones is 1. The number of hydrogen-bond donors (Lipinski definition) is 0. The molecule has 1 atom stereocenters. The first-order valence-corrected chi connectivity index (χ1v) is 9.37. The lowest BCUT2D eigenvalue weighted by Crippen LogP contribution is -2.39. The van der Waals surface area contributed by atoms with Crippen LogP contribution in [0, 0.1) is 11.8 Å². The number of carbonyl (C=O) groups excluding carboxylic acids is 1. The van der Waals surface area contributed by atoms with E-state index in [2.05, 4.69) is 4.90 Å². The summed E-state index contributed by atoms with van der Waals surface area (Å²) in [6, 6.07) is 17.3. The van der Waals surface area contributed by atoms with E-state index in [-0.39, 0.29) is 11.7 Å². The van der Waals surface area contributed by atoms with Gasteiger partial charge in [0.05, 0.1) is 0 Å². The average molecular weight is 335 g/mol. The Morgan fingerprint density at radius 2 is 1.80 bits per heavy atom. The van der Waals surface area contributed by atoms with Crippen molar-refractivity contribution >= 4 is 5.78 Å². The number of benzene rings is 2. The van der Waals surface area contributed by atoms with Crippen LogP contribution < -0.4 is 4.74 Å². The Morgan fingerprint density at radius 1 is 1.00 bits per heavy atom. The molecule has 1 aliphatic carbocycles. The molecule has 0 bridgehead atoms. The van der Waals surface area contributed by atoms with Crippen LogP contribution in [-0.4, -0.2) is 30.3 Å². The molecule has 1 heterocycles. The molecule has 3 heteroatoms. The lowest BCUT2D eigenvalue weighted by molar-refractivity contribution is 0.0814. The summed E-state index contributed by atoms with van der Waals surface area (Å²) in [5, 5.41) is 0. The van der Waals surface area contributed by atoms with Gasteiger partial charge in [-0.05, 0) is 62.4 Å². The number of rotatable bonds is 6. The van der Waals surface area contributed by atoms with Gasteiger partial charge in [-0.3, -0.25) is 4.79 Å². The van der Waals surface area contributed by atoms with Gasteiger partial charge in [0.25, 0.3) is 0 Å². The van der Waals surface area contributed by atoms with Crippen LogP contribution in [0.15, 0.2) is 54.6 Å². The van der Waals surface area contributed by atoms with Crippen molar-refractivity contribution in [2.75, 3.05) is 19.6 Å². The van der Waals surface area contributed by atoms with Crippen LogP contribution in [0.1, 0.15) is 36.0 Å². The molecule has 25 heavy (non-hydrogen) atoms. The molecule has 0 aromatic heterocycles. The van der Waals surface area contributed by atoms with E-state index in [1.54, 1.807) is 0 Å². The zero-order chi connectivity index (χ0) is 17.1. The Balaban J connectivity index is 1.43. The number of para-hydroxylation sites is 1. The first kappa shape index (κ1) is 16.3. The minimum absolute atomic E-state index is 0.125. The van der Waals surface area contributed by atoms with Crippen molar-refractivity contribution in [1.29, 1.82) is 0 Å². The summed E-state index contributed by atoms with van der Waals surface area (Å²) in [6.45, 7) is 3.25. The average Bonchev–Trinajstić information content (AvgIpc) is 3.46. The molecule has 3 nitrogen and oxygen atoms in total. The van der Waals surface area contributed by atoms with Crippen LogP contribution in [0.4, 0.5) is 0 Å². The van der Waals surface area contributed by atoms with Gasteiger partial charge in [0.15, 0.2) is 5.78 Å². The smallest absolute Gasteiger partial charge is 0.167 e. The topological polar surface area (TPSA) is 29.5 Å². The highest BCUT2D eigenvalue weighted by Gasteiger charge is 2.30. The van der Waals surface area contributed by atoms with Gasteiger partial charge in [-0.2, -0.15) is 0 Å². The van der Waals surface area contributed by atoms with Crippen molar-refractivity contribution < 1.29 is 9.53 Å². The van der Waals surface area contributed by atoms with Crippen LogP contribution in [0.5, 0.6) is 11.5 Å². The van der Waals surface area contributed by atoms with Crippen molar-refractivity contribution in [2.24, 2.45) is 11.8 Å². The Morgan fingerprint density at radius 3 is 2.60 bits per heavy atom. The second-order valence-electron chi connectivity index (χ2n) is 7.35. The summed E-state index contributed by atoms with van der Waals surface area (Å²) >= 11 is 0. The van der Waals surface area contributed by atoms with Crippen molar-refractivity contribution in [1.82, 2.24) is 4.90 Å². The number of piperidine rings is 1. The molecule has 2 fully saturated rings. The molecule has 1 aliphatic heterocycles. The fourth-order valence-corrected chi connectivity index (χ4v) is 3.67. The molecule has 1 saturated heterocycles. The van der Waals surface area contributed by atoms with Gasteiger partial charge in [-0.25, -0.2) is 0 Å². The number of hydrogen-bond acceptors (Lipinski definition) is 3. The highest BCUT2D eigenvalue weighted by Crippen LogP contribution is 2.32. The lowest BCUT2D eigenvalue weighted by Gasteiger charge is -2.32. The molecular weight excluding hydrogens is 310 g/mol. The van der Waals surface area contributed by atoms with Gasteiger partial charge in [-0.15, -0.1) is 0 Å². The van der Waals surface area contributed by atoms with E-state index >= 15 is 0 Å². The fourth-order valence-electron chi connectivity index (χ4n) is 3.67. The Kier molecular flexibility index (Phi) is 4.84. The maximum Gasteiger partial charge on any atom is 0.167 e. The molecule has 0 radical (unpaired) electrons. The van der Waals surface area contributed by atoms with Gasteiger partial charge in [-0.1, -0.05) is 30.3 Å². The summed E-state index contributed by atoms with van der Waals surface area (Å²) in [5.74, 6) is 2.79. The van der Waals surface area contributed by atoms with Crippen molar-refractivity contribution in [3.63, 3.8) is 0 Å². The van der Waals surface area contributed by atoms with Crippen molar-refractivity contribution in [3.8, 4) is 11.5 Å². The fraction of sp³-hybridized carbons (Fsp3) is 0.409. The molecule has 0 N–H and O–H groups in total. The van der Waals surface area contributed by atoms with Crippen molar-refractivity contribution in [2.45, 2.75) is 25.7 Å². The third kappa shape index (κ3) is 4.29. The highest BCUT2D eigenvalue weighted by molar-refractivity contribution is 5.98. The molecule has 130 valence electrons. The van der Waals surface area contributed by atoms with Gasteiger partial charge in [0.1, 0.15) is 11.5 Å². The molecule has 0 spiro atoms. The van der Waals surface area contributed by atoms with E-state index in [0.717, 1.165) is 48.9 Å². The zero-order valence-electron chi connectivity index (χ0n) is 14.6. The van der Waals surface area contributed by atoms with E-state index in [9.17, 15) is 4.79 Å². The number of Topliss-reactive ketones (excluding diaryl/α,β-unsaturated/α-hetero) is 1. The number of ether oxygens (including phenoxy) is 1. The van der Waals surface area contributed by atoms with Crippen LogP contribution in [-0.2, 0) is 0 Å². The van der Waals surface area contributed by atoms with E-state index < -0.39 is 0 Å². The van der Waals surface area contributed by atoms with Gasteiger partial charge < -0.3 is 9.64 Å². The number of likely N-dealkylation sites (tertiary alicyclic amines) is 1. The molecular formula is C22H25NO2. The molecule has 2 aliphatic rings. The summed E-state index contributed by atoms with van der Waals surface area (Å²) in [5.41, 5.74) is 0.770. The molecule has 2 aromatic carbocycles. The second kappa shape index (κ2) is 7.40. The standard InChI is InChI=1S/C22H25NO2/c24-22(19-7-5-13-23(16-19)15-17-11-12-17)18-6-4-10-21(14-18)25-20-8-2-1-3-9-20/h1-4,6,8-10,14,17,19H,5,7,11-13,15-16H2. The summed E-state index contributed by atoms with van der Waals surface area (Å²) in [4.78, 5) is 15.5. The minimum atomic E-state index is 0.125. The lowest BCUT2D eigenvalue weighted by atomic mass is 9.90. The largest absolute Gasteiger partial charge is 0.457 e. The number of carbonyl (C=O) groups is 1. The quantitative estimate of drug-likeness (QED) is 0.711. The summed E-state index contributed by atoms with van der Waals surface area (Å²) in [6.07, 6.45) is 4.87.